The number of nitrogens with two attached hydrogens (primary N) is 1. The summed E-state index contributed by atoms with van der Waals surface area (Å²) >= 11 is 2.27. The topological polar surface area (TPSA) is 60.2 Å². The highest BCUT2D eigenvalue weighted by molar-refractivity contribution is 14.1. The average Bonchev–Trinajstić information content (AvgIpc) is 2.53. The van der Waals surface area contributed by atoms with E-state index in [9.17, 15) is 0 Å². The van der Waals surface area contributed by atoms with Crippen LogP contribution >= 0.6 is 22.6 Å². The van der Waals surface area contributed by atoms with Gasteiger partial charge in [0.15, 0.2) is 0 Å². The van der Waals surface area contributed by atoms with Crippen molar-refractivity contribution in [1.82, 2.24) is 4.98 Å². The first-order chi connectivity index (χ1) is 10.3. The number of hydrogen-bond donors (Lipinski definition) is 2. The lowest BCUT2D eigenvalue weighted by Gasteiger charge is -2.11. The monoisotopic (exact) mass is 391 g/mol. The number of anilines is 1. The summed E-state index contributed by atoms with van der Waals surface area (Å²) in [6.07, 6.45) is 0. The molecule has 0 radical (unpaired) electrons. The van der Waals surface area contributed by atoms with Crippen molar-refractivity contribution in [2.75, 3.05) is 5.43 Å². The van der Waals surface area contributed by atoms with Crippen LogP contribution in [-0.2, 0) is 6.61 Å². The molecule has 0 saturated carbocycles. The van der Waals surface area contributed by atoms with E-state index in [1.807, 2.05) is 54.6 Å². The Morgan fingerprint density at radius 1 is 1.10 bits per heavy atom. The molecule has 1 heterocycles. The summed E-state index contributed by atoms with van der Waals surface area (Å²) in [6.45, 7) is 0.415. The van der Waals surface area contributed by atoms with Crippen LogP contribution < -0.4 is 16.0 Å². The van der Waals surface area contributed by atoms with Gasteiger partial charge in [0.05, 0.1) is 5.52 Å². The highest BCUT2D eigenvalue weighted by Gasteiger charge is 2.07. The number of ether oxygens (including phenoxy) is 1. The average molecular weight is 391 g/mol. The first kappa shape index (κ1) is 14.1. The number of hydrazine groups is 1. The molecule has 3 rings (SSSR count). The molecule has 5 heteroatoms. The number of nitrogens with zero attached hydrogens (tertiary/aromatic N) is 1. The third-order valence-electron chi connectivity index (χ3n) is 3.15. The molecule has 0 spiro atoms. The van der Waals surface area contributed by atoms with Gasteiger partial charge in [-0.05, 0) is 59.0 Å². The molecule has 0 aliphatic carbocycles. The van der Waals surface area contributed by atoms with Crippen molar-refractivity contribution in [1.29, 1.82) is 0 Å². The molecule has 0 aliphatic rings. The molecule has 0 atom stereocenters. The second-order valence-electron chi connectivity index (χ2n) is 4.58. The van der Waals surface area contributed by atoms with Gasteiger partial charge in [-0.3, -0.25) is 0 Å². The van der Waals surface area contributed by atoms with Crippen molar-refractivity contribution in [3.8, 4) is 5.75 Å². The van der Waals surface area contributed by atoms with Crippen molar-refractivity contribution in [2.24, 2.45) is 5.84 Å². The Labute approximate surface area is 136 Å². The van der Waals surface area contributed by atoms with Crippen LogP contribution in [0.5, 0.6) is 5.75 Å². The molecule has 21 heavy (non-hydrogen) atoms. The maximum Gasteiger partial charge on any atom is 0.147 e. The predicted octanol–water partition coefficient (Wildman–Crippen LogP) is 3.70. The SMILES string of the molecule is NNc1nc2ccccc2cc1COc1ccc(I)cc1. The zero-order valence-electron chi connectivity index (χ0n) is 11.2. The molecule has 0 unspecified atom stereocenters. The van der Waals surface area contributed by atoms with Gasteiger partial charge >= 0.3 is 0 Å². The number of para-hydroxylation sites is 1. The number of nitrogen functional groups attached to an aromatic ring is 1. The molecular weight excluding hydrogens is 377 g/mol. The Hall–Kier alpha value is -1.86. The molecule has 0 fully saturated rings. The minimum absolute atomic E-state index is 0.415. The lowest BCUT2D eigenvalue weighted by Crippen LogP contribution is -2.12. The van der Waals surface area contributed by atoms with Crippen molar-refractivity contribution in [3.63, 3.8) is 0 Å². The zero-order valence-corrected chi connectivity index (χ0v) is 13.4. The Bertz CT molecular complexity index is 759. The molecule has 0 saturated heterocycles. The number of aromatic nitrogens is 1. The van der Waals surface area contributed by atoms with Crippen LogP contribution in [0.15, 0.2) is 54.6 Å². The fraction of sp³-hybridized carbons (Fsp3) is 0.0625. The summed E-state index contributed by atoms with van der Waals surface area (Å²) in [5, 5.41) is 1.07. The van der Waals surface area contributed by atoms with Gasteiger partial charge in [-0.25, -0.2) is 10.8 Å². The molecular formula is C16H14IN3O. The van der Waals surface area contributed by atoms with E-state index in [0.717, 1.165) is 22.2 Å². The number of halogens is 1. The fourth-order valence-electron chi connectivity index (χ4n) is 2.09. The Morgan fingerprint density at radius 2 is 1.86 bits per heavy atom. The van der Waals surface area contributed by atoms with Crippen LogP contribution in [0, 0.1) is 3.57 Å². The van der Waals surface area contributed by atoms with E-state index in [4.69, 9.17) is 10.6 Å². The Kier molecular flexibility index (Phi) is 4.21. The predicted molar refractivity (Wildman–Crippen MR) is 93.0 cm³/mol. The van der Waals surface area contributed by atoms with E-state index >= 15 is 0 Å². The highest BCUT2D eigenvalue weighted by atomic mass is 127. The van der Waals surface area contributed by atoms with Gasteiger partial charge in [0.2, 0.25) is 0 Å². The van der Waals surface area contributed by atoms with Crippen LogP contribution in [0.4, 0.5) is 5.82 Å². The molecule has 4 nitrogen and oxygen atoms in total. The van der Waals surface area contributed by atoms with Gasteiger partial charge in [-0.2, -0.15) is 0 Å². The van der Waals surface area contributed by atoms with Crippen molar-refractivity contribution in [2.45, 2.75) is 6.61 Å². The third kappa shape index (κ3) is 3.25. The van der Waals surface area contributed by atoms with Crippen LogP contribution in [0.25, 0.3) is 10.9 Å². The molecule has 3 aromatic rings. The third-order valence-corrected chi connectivity index (χ3v) is 3.87. The summed E-state index contributed by atoms with van der Waals surface area (Å²) in [5.41, 5.74) is 4.47. The van der Waals surface area contributed by atoms with Crippen LogP contribution in [0.1, 0.15) is 5.56 Å². The summed E-state index contributed by atoms with van der Waals surface area (Å²) < 4.78 is 6.98. The molecule has 3 N–H and O–H groups in total. The number of hydrogen-bond acceptors (Lipinski definition) is 4. The van der Waals surface area contributed by atoms with E-state index in [0.29, 0.717) is 12.4 Å². The number of fused-ring (bicyclic) bond motifs is 1. The molecule has 1 aromatic heterocycles. The Balaban J connectivity index is 1.86. The molecule has 0 amide bonds. The van der Waals surface area contributed by atoms with E-state index in [2.05, 4.69) is 33.0 Å². The lowest BCUT2D eigenvalue weighted by atomic mass is 10.1. The standard InChI is InChI=1S/C16H14IN3O/c17-13-5-7-14(8-6-13)21-10-12-9-11-3-1-2-4-15(11)19-16(12)20-18/h1-9H,10,18H2,(H,19,20). The van der Waals surface area contributed by atoms with Crippen molar-refractivity contribution < 1.29 is 4.74 Å². The number of rotatable bonds is 4. The zero-order chi connectivity index (χ0) is 14.7. The van der Waals surface area contributed by atoms with Gasteiger partial charge in [0, 0.05) is 14.5 Å². The van der Waals surface area contributed by atoms with Crippen LogP contribution in [0.3, 0.4) is 0 Å². The minimum Gasteiger partial charge on any atom is -0.489 e. The first-order valence-electron chi connectivity index (χ1n) is 6.50. The molecule has 2 aromatic carbocycles. The van der Waals surface area contributed by atoms with Crippen molar-refractivity contribution in [3.05, 3.63) is 63.7 Å². The van der Waals surface area contributed by atoms with Gasteiger partial charge in [0.1, 0.15) is 18.2 Å². The summed E-state index contributed by atoms with van der Waals surface area (Å²) in [6, 6.07) is 17.9. The van der Waals surface area contributed by atoms with E-state index in [-0.39, 0.29) is 0 Å². The summed E-state index contributed by atoms with van der Waals surface area (Å²) in [7, 11) is 0. The molecule has 0 aliphatic heterocycles. The second-order valence-corrected chi connectivity index (χ2v) is 5.82. The van der Waals surface area contributed by atoms with Crippen LogP contribution in [0.2, 0.25) is 0 Å². The maximum absolute atomic E-state index is 5.80. The molecule has 0 bridgehead atoms. The molecule has 106 valence electrons. The quantitative estimate of drug-likeness (QED) is 0.405. The van der Waals surface area contributed by atoms with E-state index < -0.39 is 0 Å². The van der Waals surface area contributed by atoms with E-state index in [1.54, 1.807) is 0 Å². The largest absolute Gasteiger partial charge is 0.489 e. The lowest BCUT2D eigenvalue weighted by molar-refractivity contribution is 0.306. The number of benzene rings is 2. The number of pyridine rings is 1. The maximum atomic E-state index is 5.80. The minimum atomic E-state index is 0.415. The highest BCUT2D eigenvalue weighted by Crippen LogP contribution is 2.22. The number of nitrogens with one attached hydrogen (secondary N) is 1. The van der Waals surface area contributed by atoms with Gasteiger partial charge in [-0.15, -0.1) is 0 Å². The summed E-state index contributed by atoms with van der Waals surface area (Å²) in [4.78, 5) is 4.50. The summed E-state index contributed by atoms with van der Waals surface area (Å²) in [5.74, 6) is 7.03. The van der Waals surface area contributed by atoms with Crippen molar-refractivity contribution >= 4 is 39.3 Å². The van der Waals surface area contributed by atoms with Gasteiger partial charge in [0.25, 0.3) is 0 Å². The van der Waals surface area contributed by atoms with Crippen LogP contribution in [-0.4, -0.2) is 4.98 Å². The fourth-order valence-corrected chi connectivity index (χ4v) is 2.45. The van der Waals surface area contributed by atoms with Gasteiger partial charge in [-0.1, -0.05) is 18.2 Å². The second kappa shape index (κ2) is 6.28. The van der Waals surface area contributed by atoms with Gasteiger partial charge < -0.3 is 10.2 Å². The van der Waals surface area contributed by atoms with E-state index in [1.165, 1.54) is 3.57 Å². The normalized spacial score (nSPS) is 10.6. The first-order valence-corrected chi connectivity index (χ1v) is 7.58. The smallest absolute Gasteiger partial charge is 0.147 e. The Morgan fingerprint density at radius 3 is 2.62 bits per heavy atom.